The van der Waals surface area contributed by atoms with E-state index >= 15 is 0 Å². The highest BCUT2D eigenvalue weighted by Crippen LogP contribution is 2.34. The molecule has 0 fully saturated rings. The van der Waals surface area contributed by atoms with Crippen molar-refractivity contribution >= 4 is 22.3 Å². The second kappa shape index (κ2) is 4.96. The predicted octanol–water partition coefficient (Wildman–Crippen LogP) is 2.49. The van der Waals surface area contributed by atoms with Gasteiger partial charge in [0.2, 0.25) is 0 Å². The molecule has 2 rings (SSSR count). The molecule has 0 aromatic carbocycles. The SMILES string of the molecule is CCOC(=O)c1ncoc1-c1ccc([N+](=O)[O-])s1. The van der Waals surface area contributed by atoms with Crippen LogP contribution in [0.25, 0.3) is 10.6 Å². The highest BCUT2D eigenvalue weighted by Gasteiger charge is 2.22. The molecule has 0 aliphatic heterocycles. The maximum Gasteiger partial charge on any atom is 0.361 e. The number of nitrogens with zero attached hydrogens (tertiary/aromatic N) is 2. The van der Waals surface area contributed by atoms with Crippen molar-refractivity contribution in [2.24, 2.45) is 0 Å². The van der Waals surface area contributed by atoms with Crippen molar-refractivity contribution in [3.63, 3.8) is 0 Å². The summed E-state index contributed by atoms with van der Waals surface area (Å²) in [7, 11) is 0. The Balaban J connectivity index is 2.36. The van der Waals surface area contributed by atoms with Crippen LogP contribution in [0.4, 0.5) is 5.00 Å². The van der Waals surface area contributed by atoms with Gasteiger partial charge in [0.15, 0.2) is 17.8 Å². The van der Waals surface area contributed by atoms with Gasteiger partial charge < -0.3 is 9.15 Å². The number of hydrogen-bond acceptors (Lipinski definition) is 7. The molecule has 0 radical (unpaired) electrons. The summed E-state index contributed by atoms with van der Waals surface area (Å²) < 4.78 is 9.90. The Bertz CT molecular complexity index is 589. The third-order valence-electron chi connectivity index (χ3n) is 2.03. The maximum atomic E-state index is 11.6. The number of oxazole rings is 1. The number of esters is 1. The largest absolute Gasteiger partial charge is 0.461 e. The lowest BCUT2D eigenvalue weighted by molar-refractivity contribution is -0.380. The highest BCUT2D eigenvalue weighted by atomic mass is 32.1. The summed E-state index contributed by atoms with van der Waals surface area (Å²) in [5, 5.41) is 10.6. The van der Waals surface area contributed by atoms with E-state index in [4.69, 9.17) is 9.15 Å². The topological polar surface area (TPSA) is 95.5 Å². The first-order valence-electron chi connectivity index (χ1n) is 4.98. The molecule has 0 aliphatic rings. The molecule has 0 N–H and O–H groups in total. The summed E-state index contributed by atoms with van der Waals surface area (Å²) in [4.78, 5) is 25.9. The fraction of sp³-hybridized carbons (Fsp3) is 0.200. The van der Waals surface area contributed by atoms with Crippen molar-refractivity contribution in [3.05, 3.63) is 34.3 Å². The van der Waals surface area contributed by atoms with E-state index in [9.17, 15) is 14.9 Å². The lowest BCUT2D eigenvalue weighted by Gasteiger charge is -1.98. The molecular weight excluding hydrogens is 260 g/mol. The molecule has 2 aromatic rings. The van der Waals surface area contributed by atoms with Gasteiger partial charge in [0.05, 0.1) is 16.4 Å². The van der Waals surface area contributed by atoms with Crippen molar-refractivity contribution in [2.45, 2.75) is 6.92 Å². The third kappa shape index (κ3) is 2.23. The molecule has 0 bridgehead atoms. The van der Waals surface area contributed by atoms with Crippen LogP contribution in [0, 0.1) is 10.1 Å². The number of hydrogen-bond donors (Lipinski definition) is 0. The van der Waals surface area contributed by atoms with E-state index in [1.54, 1.807) is 6.92 Å². The number of nitro groups is 1. The minimum atomic E-state index is -0.614. The lowest BCUT2D eigenvalue weighted by Crippen LogP contribution is -2.05. The first kappa shape index (κ1) is 12.2. The van der Waals surface area contributed by atoms with Crippen LogP contribution in [0.2, 0.25) is 0 Å². The van der Waals surface area contributed by atoms with Gasteiger partial charge in [0.1, 0.15) is 0 Å². The van der Waals surface area contributed by atoms with Gasteiger partial charge in [0.25, 0.3) is 0 Å². The van der Waals surface area contributed by atoms with Gasteiger partial charge in [-0.1, -0.05) is 11.3 Å². The molecule has 0 amide bonds. The molecule has 0 aliphatic carbocycles. The second-order valence-electron chi connectivity index (χ2n) is 3.15. The average Bonchev–Trinajstić information content (AvgIpc) is 2.98. The Labute approximate surface area is 105 Å². The van der Waals surface area contributed by atoms with E-state index in [2.05, 4.69) is 4.98 Å². The van der Waals surface area contributed by atoms with Gasteiger partial charge in [-0.05, 0) is 13.0 Å². The van der Waals surface area contributed by atoms with Crippen LogP contribution < -0.4 is 0 Å². The van der Waals surface area contributed by atoms with Gasteiger partial charge in [0, 0.05) is 6.07 Å². The van der Waals surface area contributed by atoms with Crippen LogP contribution in [-0.4, -0.2) is 22.5 Å². The van der Waals surface area contributed by atoms with E-state index in [1.807, 2.05) is 0 Å². The Kier molecular flexibility index (Phi) is 3.38. The normalized spacial score (nSPS) is 10.3. The quantitative estimate of drug-likeness (QED) is 0.480. The maximum absolute atomic E-state index is 11.6. The summed E-state index contributed by atoms with van der Waals surface area (Å²) >= 11 is 0.908. The Hall–Kier alpha value is -2.22. The van der Waals surface area contributed by atoms with Crippen molar-refractivity contribution in [1.29, 1.82) is 0 Å². The van der Waals surface area contributed by atoms with Crippen molar-refractivity contribution in [2.75, 3.05) is 6.61 Å². The fourth-order valence-corrected chi connectivity index (χ4v) is 2.12. The number of carbonyl (C=O) groups excluding carboxylic acids is 1. The van der Waals surface area contributed by atoms with Gasteiger partial charge in [-0.3, -0.25) is 10.1 Å². The van der Waals surface area contributed by atoms with Gasteiger partial charge >= 0.3 is 11.0 Å². The minimum Gasteiger partial charge on any atom is -0.461 e. The minimum absolute atomic E-state index is 0.0218. The standard InChI is InChI=1S/C10H8N2O5S/c1-2-16-10(13)8-9(17-5-11-8)6-3-4-7(18-6)12(14)15/h3-5H,2H2,1H3. The molecule has 18 heavy (non-hydrogen) atoms. The molecule has 0 saturated carbocycles. The van der Waals surface area contributed by atoms with Crippen LogP contribution in [0.3, 0.4) is 0 Å². The molecule has 7 nitrogen and oxygen atoms in total. The molecule has 94 valence electrons. The van der Waals surface area contributed by atoms with E-state index in [0.29, 0.717) is 4.88 Å². The molecule has 0 atom stereocenters. The van der Waals surface area contributed by atoms with E-state index in [1.165, 1.54) is 12.1 Å². The molecular formula is C10H8N2O5S. The van der Waals surface area contributed by atoms with Gasteiger partial charge in [-0.25, -0.2) is 9.78 Å². The van der Waals surface area contributed by atoms with Gasteiger partial charge in [-0.15, -0.1) is 0 Å². The fourth-order valence-electron chi connectivity index (χ4n) is 1.31. The molecule has 8 heteroatoms. The second-order valence-corrected chi connectivity index (χ2v) is 4.21. The Morgan fingerprint density at radius 1 is 1.61 bits per heavy atom. The van der Waals surface area contributed by atoms with E-state index in [-0.39, 0.29) is 23.1 Å². The Morgan fingerprint density at radius 2 is 2.39 bits per heavy atom. The predicted molar refractivity (Wildman–Crippen MR) is 62.4 cm³/mol. The molecule has 0 saturated heterocycles. The van der Waals surface area contributed by atoms with Crippen LogP contribution in [-0.2, 0) is 4.74 Å². The monoisotopic (exact) mass is 268 g/mol. The van der Waals surface area contributed by atoms with Crippen LogP contribution in [0.1, 0.15) is 17.4 Å². The van der Waals surface area contributed by atoms with Crippen molar-refractivity contribution < 1.29 is 18.9 Å². The Morgan fingerprint density at radius 3 is 3.00 bits per heavy atom. The first-order valence-corrected chi connectivity index (χ1v) is 5.80. The molecule has 0 unspecified atom stereocenters. The molecule has 2 aromatic heterocycles. The summed E-state index contributed by atoms with van der Waals surface area (Å²) in [6, 6.07) is 2.85. The highest BCUT2D eigenvalue weighted by molar-refractivity contribution is 7.18. The summed E-state index contributed by atoms with van der Waals surface area (Å²) in [6.07, 6.45) is 1.10. The summed E-state index contributed by atoms with van der Waals surface area (Å²) in [5.74, 6) is -0.427. The third-order valence-corrected chi connectivity index (χ3v) is 3.07. The molecule has 0 spiro atoms. The first-order chi connectivity index (χ1) is 8.63. The van der Waals surface area contributed by atoms with E-state index < -0.39 is 10.9 Å². The number of ether oxygens (including phenoxy) is 1. The summed E-state index contributed by atoms with van der Waals surface area (Å²) in [5.41, 5.74) is 0.0218. The summed E-state index contributed by atoms with van der Waals surface area (Å²) in [6.45, 7) is 1.89. The zero-order valence-corrected chi connectivity index (χ0v) is 10.1. The number of aromatic nitrogens is 1. The zero-order chi connectivity index (χ0) is 13.1. The van der Waals surface area contributed by atoms with Crippen molar-refractivity contribution in [3.8, 4) is 10.6 Å². The number of thiophene rings is 1. The number of carbonyl (C=O) groups is 1. The van der Waals surface area contributed by atoms with Crippen LogP contribution >= 0.6 is 11.3 Å². The average molecular weight is 268 g/mol. The smallest absolute Gasteiger partial charge is 0.361 e. The van der Waals surface area contributed by atoms with Crippen LogP contribution in [0.15, 0.2) is 22.9 Å². The number of rotatable bonds is 4. The zero-order valence-electron chi connectivity index (χ0n) is 9.28. The van der Waals surface area contributed by atoms with Crippen LogP contribution in [0.5, 0.6) is 0 Å². The van der Waals surface area contributed by atoms with E-state index in [0.717, 1.165) is 17.7 Å². The molecule has 2 heterocycles. The lowest BCUT2D eigenvalue weighted by atomic mass is 10.3. The van der Waals surface area contributed by atoms with Gasteiger partial charge in [-0.2, -0.15) is 0 Å². The van der Waals surface area contributed by atoms with Crippen molar-refractivity contribution in [1.82, 2.24) is 4.98 Å².